The zero-order valence-corrected chi connectivity index (χ0v) is 11.0. The molecule has 4 rings (SSSR count). The van der Waals surface area contributed by atoms with Crippen molar-refractivity contribution in [2.45, 2.75) is 51.1 Å². The molecule has 0 spiro atoms. The summed E-state index contributed by atoms with van der Waals surface area (Å²) >= 11 is 0. The highest BCUT2D eigenvalue weighted by Crippen LogP contribution is 2.47. The predicted molar refractivity (Wildman–Crippen MR) is 71.1 cm³/mol. The van der Waals surface area contributed by atoms with E-state index in [-0.39, 0.29) is 0 Å². The van der Waals surface area contributed by atoms with Crippen molar-refractivity contribution in [2.75, 3.05) is 6.54 Å². The lowest BCUT2D eigenvalue weighted by atomic mass is 9.89. The minimum Gasteiger partial charge on any atom is -0.330 e. The topological polar surface area (TPSA) is 29.9 Å². The molecule has 0 aliphatic heterocycles. The molecular weight excluding hydrogens is 222 g/mol. The van der Waals surface area contributed by atoms with Crippen LogP contribution in [-0.4, -0.2) is 16.1 Å². The summed E-state index contributed by atoms with van der Waals surface area (Å²) in [6.45, 7) is 2.22. The van der Waals surface area contributed by atoms with Gasteiger partial charge in [0.1, 0.15) is 0 Å². The molecule has 0 saturated heterocycles. The lowest BCUT2D eigenvalue weighted by molar-refractivity contribution is 0.317. The molecular formula is C15H23N3. The van der Waals surface area contributed by atoms with Crippen LogP contribution in [0.5, 0.6) is 0 Å². The molecule has 0 radical (unpaired) electrons. The number of imidazole rings is 1. The van der Waals surface area contributed by atoms with Crippen LogP contribution in [0.25, 0.3) is 0 Å². The molecule has 1 heterocycles. The Labute approximate surface area is 109 Å². The molecule has 0 amide bonds. The quantitative estimate of drug-likeness (QED) is 0.864. The van der Waals surface area contributed by atoms with Gasteiger partial charge in [0.05, 0.1) is 12.0 Å². The van der Waals surface area contributed by atoms with Crippen LogP contribution in [0.2, 0.25) is 0 Å². The van der Waals surface area contributed by atoms with Crippen molar-refractivity contribution in [3.63, 3.8) is 0 Å². The second-order valence-electron chi connectivity index (χ2n) is 6.59. The first kappa shape index (κ1) is 11.0. The first-order valence-electron chi connectivity index (χ1n) is 7.61. The van der Waals surface area contributed by atoms with Crippen molar-refractivity contribution in [1.82, 2.24) is 14.9 Å². The van der Waals surface area contributed by atoms with E-state index in [4.69, 9.17) is 0 Å². The third-order valence-corrected chi connectivity index (χ3v) is 5.28. The Kier molecular flexibility index (Phi) is 2.68. The average molecular weight is 245 g/mol. The molecule has 3 heteroatoms. The van der Waals surface area contributed by atoms with Crippen LogP contribution in [0.15, 0.2) is 12.5 Å². The van der Waals surface area contributed by atoms with E-state index in [9.17, 15) is 0 Å². The van der Waals surface area contributed by atoms with Gasteiger partial charge in [-0.2, -0.15) is 0 Å². The van der Waals surface area contributed by atoms with E-state index in [0.29, 0.717) is 0 Å². The van der Waals surface area contributed by atoms with Crippen molar-refractivity contribution in [3.8, 4) is 0 Å². The van der Waals surface area contributed by atoms with Crippen LogP contribution in [0.4, 0.5) is 0 Å². The van der Waals surface area contributed by atoms with Crippen molar-refractivity contribution in [3.05, 3.63) is 18.2 Å². The number of hydrogen-bond donors (Lipinski definition) is 1. The Bertz CT molecular complexity index is 421. The standard InChI is InChI=1S/C15H23N3/c1-2-12-5-11(1)6-13(12)7-16-8-15-9-17-10-18(15)14-3-4-14/h9-14,16H,1-8H2. The summed E-state index contributed by atoms with van der Waals surface area (Å²) < 4.78 is 2.37. The van der Waals surface area contributed by atoms with Crippen LogP contribution < -0.4 is 5.32 Å². The van der Waals surface area contributed by atoms with Crippen molar-refractivity contribution >= 4 is 0 Å². The SMILES string of the molecule is c1ncn(C2CC2)c1CNCC1CC2CCC1C2. The van der Waals surface area contributed by atoms with Gasteiger partial charge >= 0.3 is 0 Å². The molecule has 98 valence electrons. The minimum absolute atomic E-state index is 0.756. The van der Waals surface area contributed by atoms with Crippen LogP contribution in [0.3, 0.4) is 0 Å². The van der Waals surface area contributed by atoms with E-state index in [0.717, 1.165) is 30.3 Å². The van der Waals surface area contributed by atoms with Gasteiger partial charge < -0.3 is 9.88 Å². The predicted octanol–water partition coefficient (Wildman–Crippen LogP) is 2.74. The van der Waals surface area contributed by atoms with Gasteiger partial charge in [-0.25, -0.2) is 4.98 Å². The number of hydrogen-bond acceptors (Lipinski definition) is 2. The smallest absolute Gasteiger partial charge is 0.0951 e. The van der Waals surface area contributed by atoms with Crippen LogP contribution >= 0.6 is 0 Å². The van der Waals surface area contributed by atoms with E-state index in [2.05, 4.69) is 14.9 Å². The minimum atomic E-state index is 0.756. The van der Waals surface area contributed by atoms with E-state index >= 15 is 0 Å². The van der Waals surface area contributed by atoms with Crippen LogP contribution in [-0.2, 0) is 6.54 Å². The highest BCUT2D eigenvalue weighted by Gasteiger charge is 2.38. The molecule has 3 saturated carbocycles. The molecule has 3 fully saturated rings. The summed E-state index contributed by atoms with van der Waals surface area (Å²) in [5.41, 5.74) is 1.38. The summed E-state index contributed by atoms with van der Waals surface area (Å²) in [4.78, 5) is 4.29. The Hall–Kier alpha value is -0.830. The summed E-state index contributed by atoms with van der Waals surface area (Å²) in [5, 5.41) is 3.68. The fraction of sp³-hybridized carbons (Fsp3) is 0.800. The Morgan fingerprint density at radius 2 is 2.17 bits per heavy atom. The molecule has 2 bridgehead atoms. The fourth-order valence-electron chi connectivity index (χ4n) is 4.16. The number of fused-ring (bicyclic) bond motifs is 2. The maximum absolute atomic E-state index is 4.29. The van der Waals surface area contributed by atoms with Gasteiger partial charge in [0.15, 0.2) is 0 Å². The maximum Gasteiger partial charge on any atom is 0.0951 e. The van der Waals surface area contributed by atoms with Gasteiger partial charge in [0.2, 0.25) is 0 Å². The normalized spacial score (nSPS) is 34.3. The van der Waals surface area contributed by atoms with Gasteiger partial charge in [0.25, 0.3) is 0 Å². The van der Waals surface area contributed by atoms with E-state index in [1.807, 2.05) is 12.5 Å². The van der Waals surface area contributed by atoms with Crippen LogP contribution in [0.1, 0.15) is 50.3 Å². The Balaban J connectivity index is 1.29. The van der Waals surface area contributed by atoms with E-state index in [1.54, 1.807) is 0 Å². The fourth-order valence-corrected chi connectivity index (χ4v) is 4.16. The van der Waals surface area contributed by atoms with E-state index in [1.165, 1.54) is 50.8 Å². The second kappa shape index (κ2) is 4.37. The van der Waals surface area contributed by atoms with Crippen molar-refractivity contribution in [1.29, 1.82) is 0 Å². The number of rotatable bonds is 5. The van der Waals surface area contributed by atoms with Crippen molar-refractivity contribution in [2.24, 2.45) is 17.8 Å². The zero-order valence-electron chi connectivity index (χ0n) is 11.0. The monoisotopic (exact) mass is 245 g/mol. The summed E-state index contributed by atoms with van der Waals surface area (Å²) in [7, 11) is 0. The Morgan fingerprint density at radius 3 is 2.89 bits per heavy atom. The molecule has 3 aliphatic rings. The summed E-state index contributed by atoms with van der Waals surface area (Å²) in [5.74, 6) is 3.07. The Morgan fingerprint density at radius 1 is 1.22 bits per heavy atom. The average Bonchev–Trinajstić information content (AvgIpc) is 2.83. The van der Waals surface area contributed by atoms with Gasteiger partial charge in [-0.1, -0.05) is 6.42 Å². The first-order chi connectivity index (χ1) is 8.90. The summed E-state index contributed by atoms with van der Waals surface area (Å²) in [6, 6.07) is 0.756. The molecule has 1 aromatic rings. The lowest BCUT2D eigenvalue weighted by Crippen LogP contribution is -2.26. The van der Waals surface area contributed by atoms with Crippen LogP contribution in [0, 0.1) is 17.8 Å². The van der Waals surface area contributed by atoms with Gasteiger partial charge in [-0.05, 0) is 56.4 Å². The third-order valence-electron chi connectivity index (χ3n) is 5.28. The molecule has 3 unspecified atom stereocenters. The molecule has 3 atom stereocenters. The number of nitrogens with zero attached hydrogens (tertiary/aromatic N) is 2. The maximum atomic E-state index is 4.29. The number of aromatic nitrogens is 2. The summed E-state index contributed by atoms with van der Waals surface area (Å²) in [6.07, 6.45) is 12.7. The molecule has 1 N–H and O–H groups in total. The largest absolute Gasteiger partial charge is 0.330 e. The highest BCUT2D eigenvalue weighted by molar-refractivity contribution is 5.03. The molecule has 3 nitrogen and oxygen atoms in total. The molecule has 18 heavy (non-hydrogen) atoms. The lowest BCUT2D eigenvalue weighted by Gasteiger charge is -2.22. The highest BCUT2D eigenvalue weighted by atomic mass is 15.1. The van der Waals surface area contributed by atoms with Gasteiger partial charge in [0, 0.05) is 18.8 Å². The molecule has 0 aromatic carbocycles. The molecule has 1 aromatic heterocycles. The van der Waals surface area contributed by atoms with Gasteiger partial charge in [-0.15, -0.1) is 0 Å². The number of nitrogens with one attached hydrogen (secondary N) is 1. The van der Waals surface area contributed by atoms with E-state index < -0.39 is 0 Å². The van der Waals surface area contributed by atoms with Gasteiger partial charge in [-0.3, -0.25) is 0 Å². The second-order valence-corrected chi connectivity index (χ2v) is 6.59. The third kappa shape index (κ3) is 1.99. The first-order valence-corrected chi connectivity index (χ1v) is 7.61. The zero-order chi connectivity index (χ0) is 11.9. The molecule has 3 aliphatic carbocycles. The van der Waals surface area contributed by atoms with Crippen molar-refractivity contribution < 1.29 is 0 Å².